The number of hydrogen-bond donors (Lipinski definition) is 1. The average molecular weight is 274 g/mol. The maximum absolute atomic E-state index is 12.1. The molecule has 1 saturated heterocycles. The number of rotatable bonds is 4. The van der Waals surface area contributed by atoms with Crippen LogP contribution >= 0.6 is 0 Å². The van der Waals surface area contributed by atoms with Crippen molar-refractivity contribution in [2.75, 3.05) is 11.4 Å². The molecular weight excluding hydrogens is 252 g/mol. The molecule has 1 aromatic carbocycles. The van der Waals surface area contributed by atoms with E-state index in [9.17, 15) is 9.59 Å². The Bertz CT molecular complexity index is 513. The Kier molecular flexibility index (Phi) is 4.42. The Hall–Kier alpha value is -1.84. The summed E-state index contributed by atoms with van der Waals surface area (Å²) >= 11 is 0. The molecule has 0 spiro atoms. The van der Waals surface area contributed by atoms with Gasteiger partial charge in [-0.1, -0.05) is 25.1 Å². The van der Waals surface area contributed by atoms with E-state index in [1.165, 1.54) is 0 Å². The van der Waals surface area contributed by atoms with Gasteiger partial charge in [0.15, 0.2) is 0 Å². The zero-order chi connectivity index (χ0) is 14.7. The van der Waals surface area contributed by atoms with Crippen molar-refractivity contribution in [1.82, 2.24) is 5.32 Å². The fourth-order valence-electron chi connectivity index (χ4n) is 2.45. The summed E-state index contributed by atoms with van der Waals surface area (Å²) in [6.45, 7) is 6.47. The molecule has 1 fully saturated rings. The lowest BCUT2D eigenvalue weighted by molar-refractivity contribution is -0.126. The first kappa shape index (κ1) is 14.6. The van der Waals surface area contributed by atoms with E-state index in [0.29, 0.717) is 13.0 Å². The molecule has 1 heterocycles. The molecule has 2 atom stereocenters. The molecule has 2 rings (SSSR count). The van der Waals surface area contributed by atoms with E-state index in [4.69, 9.17) is 0 Å². The van der Waals surface area contributed by atoms with Crippen molar-refractivity contribution in [3.05, 3.63) is 29.8 Å². The van der Waals surface area contributed by atoms with Gasteiger partial charge in [-0.15, -0.1) is 0 Å². The molecule has 4 heteroatoms. The first-order chi connectivity index (χ1) is 9.52. The molecule has 0 unspecified atom stereocenters. The molecule has 1 N–H and O–H groups in total. The van der Waals surface area contributed by atoms with Crippen molar-refractivity contribution >= 4 is 17.5 Å². The minimum Gasteiger partial charge on any atom is -0.353 e. The number of carbonyl (C=O) groups excluding carboxylic acids is 2. The van der Waals surface area contributed by atoms with Crippen molar-refractivity contribution < 1.29 is 9.59 Å². The Labute approximate surface area is 120 Å². The standard InChI is InChI=1S/C16H22N2O2/c1-4-12(3)17-16(20)13-9-15(19)18(10-13)14-8-6-5-7-11(14)2/h5-8,12-13H,4,9-10H2,1-3H3,(H,17,20)/t12-,13+/m0/s1. The highest BCUT2D eigenvalue weighted by molar-refractivity contribution is 6.00. The summed E-state index contributed by atoms with van der Waals surface area (Å²) in [5, 5.41) is 2.96. The fraction of sp³-hybridized carbons (Fsp3) is 0.500. The monoisotopic (exact) mass is 274 g/mol. The number of anilines is 1. The molecule has 108 valence electrons. The van der Waals surface area contributed by atoms with Crippen LogP contribution in [0.15, 0.2) is 24.3 Å². The molecule has 1 aliphatic rings. The molecule has 1 aromatic rings. The molecule has 20 heavy (non-hydrogen) atoms. The Morgan fingerprint density at radius 1 is 1.45 bits per heavy atom. The van der Waals surface area contributed by atoms with Crippen LogP contribution in [0.1, 0.15) is 32.3 Å². The van der Waals surface area contributed by atoms with Crippen molar-refractivity contribution in [2.24, 2.45) is 5.92 Å². The second-order valence-corrected chi connectivity index (χ2v) is 5.51. The largest absolute Gasteiger partial charge is 0.353 e. The van der Waals surface area contributed by atoms with Gasteiger partial charge in [-0.05, 0) is 31.9 Å². The van der Waals surface area contributed by atoms with Gasteiger partial charge in [-0.3, -0.25) is 9.59 Å². The van der Waals surface area contributed by atoms with Crippen molar-refractivity contribution in [3.8, 4) is 0 Å². The van der Waals surface area contributed by atoms with Gasteiger partial charge >= 0.3 is 0 Å². The van der Waals surface area contributed by atoms with Gasteiger partial charge in [0.2, 0.25) is 11.8 Å². The Morgan fingerprint density at radius 3 is 2.80 bits per heavy atom. The van der Waals surface area contributed by atoms with E-state index >= 15 is 0 Å². The lowest BCUT2D eigenvalue weighted by atomic mass is 10.1. The summed E-state index contributed by atoms with van der Waals surface area (Å²) in [5.74, 6) is -0.219. The zero-order valence-corrected chi connectivity index (χ0v) is 12.3. The third-order valence-electron chi connectivity index (χ3n) is 3.90. The summed E-state index contributed by atoms with van der Waals surface area (Å²) in [5.41, 5.74) is 1.97. The quantitative estimate of drug-likeness (QED) is 0.915. The number of nitrogens with one attached hydrogen (secondary N) is 1. The smallest absolute Gasteiger partial charge is 0.227 e. The molecule has 2 amide bonds. The zero-order valence-electron chi connectivity index (χ0n) is 12.3. The lowest BCUT2D eigenvalue weighted by Gasteiger charge is -2.19. The summed E-state index contributed by atoms with van der Waals surface area (Å²) in [6, 6.07) is 7.94. The SMILES string of the molecule is CC[C@H](C)NC(=O)[C@@H]1CC(=O)N(c2ccccc2C)C1. The van der Waals surface area contributed by atoms with E-state index in [0.717, 1.165) is 17.7 Å². The third-order valence-corrected chi connectivity index (χ3v) is 3.90. The van der Waals surface area contributed by atoms with E-state index < -0.39 is 0 Å². The highest BCUT2D eigenvalue weighted by atomic mass is 16.2. The molecule has 0 aromatic heterocycles. The predicted molar refractivity (Wildman–Crippen MR) is 79.5 cm³/mol. The molecule has 1 aliphatic heterocycles. The maximum atomic E-state index is 12.1. The Balaban J connectivity index is 2.08. The highest BCUT2D eigenvalue weighted by Gasteiger charge is 2.35. The second-order valence-electron chi connectivity index (χ2n) is 5.51. The molecule has 4 nitrogen and oxygen atoms in total. The van der Waals surface area contributed by atoms with Crippen LogP contribution in [-0.2, 0) is 9.59 Å². The summed E-state index contributed by atoms with van der Waals surface area (Å²) in [7, 11) is 0. The van der Waals surface area contributed by atoms with E-state index in [2.05, 4.69) is 5.32 Å². The van der Waals surface area contributed by atoms with Gasteiger partial charge in [0.1, 0.15) is 0 Å². The van der Waals surface area contributed by atoms with Gasteiger partial charge in [0.05, 0.1) is 5.92 Å². The van der Waals surface area contributed by atoms with Crippen molar-refractivity contribution in [3.63, 3.8) is 0 Å². The molecular formula is C16H22N2O2. The topological polar surface area (TPSA) is 49.4 Å². The maximum Gasteiger partial charge on any atom is 0.227 e. The molecule has 0 radical (unpaired) electrons. The number of aryl methyl sites for hydroxylation is 1. The van der Waals surface area contributed by atoms with Gasteiger partial charge in [-0.25, -0.2) is 0 Å². The summed E-state index contributed by atoms with van der Waals surface area (Å²) in [6.07, 6.45) is 1.20. The minimum atomic E-state index is -0.240. The van der Waals surface area contributed by atoms with Crippen molar-refractivity contribution in [2.45, 2.75) is 39.7 Å². The van der Waals surface area contributed by atoms with Crippen LogP contribution < -0.4 is 10.2 Å². The summed E-state index contributed by atoms with van der Waals surface area (Å²) in [4.78, 5) is 26.0. The van der Waals surface area contributed by atoms with Crippen LogP contribution in [0.4, 0.5) is 5.69 Å². The first-order valence-corrected chi connectivity index (χ1v) is 7.19. The molecule has 0 bridgehead atoms. The van der Waals surface area contributed by atoms with Crippen LogP contribution in [-0.4, -0.2) is 24.4 Å². The van der Waals surface area contributed by atoms with Gasteiger partial charge in [0.25, 0.3) is 0 Å². The van der Waals surface area contributed by atoms with Gasteiger partial charge in [-0.2, -0.15) is 0 Å². The average Bonchev–Trinajstić information content (AvgIpc) is 2.81. The molecule has 0 saturated carbocycles. The lowest BCUT2D eigenvalue weighted by Crippen LogP contribution is -2.38. The van der Waals surface area contributed by atoms with Crippen LogP contribution in [0.2, 0.25) is 0 Å². The normalized spacial score (nSPS) is 20.1. The van der Waals surface area contributed by atoms with E-state index in [1.807, 2.05) is 45.0 Å². The number of benzene rings is 1. The van der Waals surface area contributed by atoms with Crippen LogP contribution in [0.5, 0.6) is 0 Å². The Morgan fingerprint density at radius 2 is 2.15 bits per heavy atom. The van der Waals surface area contributed by atoms with Gasteiger partial charge in [0, 0.05) is 24.7 Å². The number of nitrogens with zero attached hydrogens (tertiary/aromatic N) is 1. The number of carbonyl (C=O) groups is 2. The van der Waals surface area contributed by atoms with Gasteiger partial charge < -0.3 is 10.2 Å². The number of para-hydroxylation sites is 1. The number of hydrogen-bond acceptors (Lipinski definition) is 2. The van der Waals surface area contributed by atoms with Crippen molar-refractivity contribution in [1.29, 1.82) is 0 Å². The number of amides is 2. The molecule has 0 aliphatic carbocycles. The van der Waals surface area contributed by atoms with E-state index in [-0.39, 0.29) is 23.8 Å². The second kappa shape index (κ2) is 6.07. The third kappa shape index (κ3) is 3.00. The van der Waals surface area contributed by atoms with E-state index in [1.54, 1.807) is 4.90 Å². The van der Waals surface area contributed by atoms with Crippen LogP contribution in [0.25, 0.3) is 0 Å². The van der Waals surface area contributed by atoms with Crippen LogP contribution in [0, 0.1) is 12.8 Å². The fourth-order valence-corrected chi connectivity index (χ4v) is 2.45. The minimum absolute atomic E-state index is 0.0104. The highest BCUT2D eigenvalue weighted by Crippen LogP contribution is 2.27. The van der Waals surface area contributed by atoms with Crippen LogP contribution in [0.3, 0.4) is 0 Å². The first-order valence-electron chi connectivity index (χ1n) is 7.19. The summed E-state index contributed by atoms with van der Waals surface area (Å²) < 4.78 is 0. The predicted octanol–water partition coefficient (Wildman–Crippen LogP) is 2.26.